The number of hydrogen-bond acceptors (Lipinski definition) is 5. The fourth-order valence-electron chi connectivity index (χ4n) is 0.835. The molecule has 60 valence electrons. The fourth-order valence-corrected chi connectivity index (χ4v) is 0.835. The van der Waals surface area contributed by atoms with Crippen LogP contribution in [-0.4, -0.2) is 24.1 Å². The number of anilines is 3. The smallest absolute Gasteiger partial charge is 0.154 e. The predicted octanol–water partition coefficient (Wildman–Crippen LogP) is 0.142. The molecule has 0 spiro atoms. The Morgan fingerprint density at radius 1 is 1.27 bits per heavy atom. The summed E-state index contributed by atoms with van der Waals surface area (Å²) in [5.74, 6) is 1.16. The van der Waals surface area contributed by atoms with Crippen LogP contribution in [0, 0.1) is 0 Å². The molecule has 11 heavy (non-hydrogen) atoms. The van der Waals surface area contributed by atoms with E-state index in [0.29, 0.717) is 11.6 Å². The molecular formula is C6H11N5. The van der Waals surface area contributed by atoms with Gasteiger partial charge in [0.1, 0.15) is 12.0 Å². The van der Waals surface area contributed by atoms with E-state index in [-0.39, 0.29) is 0 Å². The lowest BCUT2D eigenvalue weighted by atomic mass is 10.4. The molecule has 0 amide bonds. The molecule has 5 heteroatoms. The van der Waals surface area contributed by atoms with E-state index in [2.05, 4.69) is 20.6 Å². The summed E-state index contributed by atoms with van der Waals surface area (Å²) in [5, 5.41) is 5.80. The summed E-state index contributed by atoms with van der Waals surface area (Å²) >= 11 is 0. The van der Waals surface area contributed by atoms with Gasteiger partial charge >= 0.3 is 0 Å². The summed E-state index contributed by atoms with van der Waals surface area (Å²) in [6.07, 6.45) is 1.42. The molecule has 0 saturated carbocycles. The maximum absolute atomic E-state index is 5.55. The molecule has 0 aliphatic rings. The van der Waals surface area contributed by atoms with Crippen molar-refractivity contribution in [3.8, 4) is 0 Å². The van der Waals surface area contributed by atoms with E-state index in [1.165, 1.54) is 6.33 Å². The molecule has 5 nitrogen and oxygen atoms in total. The Kier molecular flexibility index (Phi) is 2.10. The van der Waals surface area contributed by atoms with Crippen LogP contribution in [0.25, 0.3) is 0 Å². The maximum atomic E-state index is 5.55. The van der Waals surface area contributed by atoms with Gasteiger partial charge in [0.2, 0.25) is 0 Å². The highest BCUT2D eigenvalue weighted by Crippen LogP contribution is 2.21. The van der Waals surface area contributed by atoms with Gasteiger partial charge < -0.3 is 16.4 Å². The summed E-state index contributed by atoms with van der Waals surface area (Å²) in [5.41, 5.74) is 6.29. The largest absolute Gasteiger partial charge is 0.382 e. The average molecular weight is 153 g/mol. The number of nitrogens with zero attached hydrogens (tertiary/aromatic N) is 2. The van der Waals surface area contributed by atoms with Crippen LogP contribution >= 0.6 is 0 Å². The monoisotopic (exact) mass is 153 g/mol. The Labute approximate surface area is 65.0 Å². The molecule has 1 aromatic rings. The number of rotatable bonds is 2. The Balaban J connectivity index is 3.13. The van der Waals surface area contributed by atoms with E-state index in [0.717, 1.165) is 5.69 Å². The third-order valence-electron chi connectivity index (χ3n) is 1.36. The van der Waals surface area contributed by atoms with Crippen LogP contribution in [0.3, 0.4) is 0 Å². The SMILES string of the molecule is CNc1ncnc(N)c1NC. The summed E-state index contributed by atoms with van der Waals surface area (Å²) in [6.45, 7) is 0. The Morgan fingerprint density at radius 3 is 2.45 bits per heavy atom. The molecule has 0 fully saturated rings. The van der Waals surface area contributed by atoms with Gasteiger partial charge in [-0.3, -0.25) is 0 Å². The average Bonchev–Trinajstić information content (AvgIpc) is 2.04. The highest BCUT2D eigenvalue weighted by Gasteiger charge is 2.03. The minimum absolute atomic E-state index is 0.451. The lowest BCUT2D eigenvalue weighted by Gasteiger charge is -2.07. The Bertz CT molecular complexity index is 247. The zero-order valence-corrected chi connectivity index (χ0v) is 6.55. The first-order valence-electron chi connectivity index (χ1n) is 3.25. The van der Waals surface area contributed by atoms with E-state index in [1.54, 1.807) is 14.1 Å². The first-order valence-corrected chi connectivity index (χ1v) is 3.25. The molecule has 0 bridgehead atoms. The molecule has 1 rings (SSSR count). The summed E-state index contributed by atoms with van der Waals surface area (Å²) in [7, 11) is 3.55. The van der Waals surface area contributed by atoms with Gasteiger partial charge in [-0.05, 0) is 0 Å². The third-order valence-corrected chi connectivity index (χ3v) is 1.36. The second-order valence-electron chi connectivity index (χ2n) is 1.98. The lowest BCUT2D eigenvalue weighted by molar-refractivity contribution is 1.16. The van der Waals surface area contributed by atoms with Gasteiger partial charge in [0.25, 0.3) is 0 Å². The predicted molar refractivity (Wildman–Crippen MR) is 45.5 cm³/mol. The van der Waals surface area contributed by atoms with Gasteiger partial charge in [-0.2, -0.15) is 0 Å². The van der Waals surface area contributed by atoms with Gasteiger partial charge in [-0.1, -0.05) is 0 Å². The van der Waals surface area contributed by atoms with Gasteiger partial charge in [0.15, 0.2) is 11.6 Å². The molecule has 0 aliphatic carbocycles. The molecular weight excluding hydrogens is 142 g/mol. The first-order chi connectivity index (χ1) is 5.29. The molecule has 0 saturated heterocycles. The van der Waals surface area contributed by atoms with Crippen LogP contribution in [0.2, 0.25) is 0 Å². The van der Waals surface area contributed by atoms with E-state index in [9.17, 15) is 0 Å². The minimum atomic E-state index is 0.451. The maximum Gasteiger partial charge on any atom is 0.154 e. The highest BCUT2D eigenvalue weighted by molar-refractivity contribution is 5.74. The number of nitrogens with one attached hydrogen (secondary N) is 2. The molecule has 0 aliphatic heterocycles. The van der Waals surface area contributed by atoms with Crippen molar-refractivity contribution in [3.63, 3.8) is 0 Å². The molecule has 0 aromatic carbocycles. The van der Waals surface area contributed by atoms with Crippen LogP contribution in [0.15, 0.2) is 6.33 Å². The highest BCUT2D eigenvalue weighted by atomic mass is 15.1. The molecule has 1 aromatic heterocycles. The van der Waals surface area contributed by atoms with Crippen molar-refractivity contribution in [2.75, 3.05) is 30.5 Å². The quantitative estimate of drug-likeness (QED) is 0.563. The van der Waals surface area contributed by atoms with Crippen molar-refractivity contribution in [1.82, 2.24) is 9.97 Å². The van der Waals surface area contributed by atoms with Crippen LogP contribution in [-0.2, 0) is 0 Å². The Morgan fingerprint density at radius 2 is 2.00 bits per heavy atom. The van der Waals surface area contributed by atoms with Crippen LogP contribution < -0.4 is 16.4 Å². The van der Waals surface area contributed by atoms with Crippen molar-refractivity contribution < 1.29 is 0 Å². The normalized spacial score (nSPS) is 9.27. The van der Waals surface area contributed by atoms with E-state index >= 15 is 0 Å². The molecule has 1 heterocycles. The van der Waals surface area contributed by atoms with Crippen LogP contribution in [0.4, 0.5) is 17.3 Å². The van der Waals surface area contributed by atoms with Crippen LogP contribution in [0.1, 0.15) is 0 Å². The first kappa shape index (κ1) is 7.59. The number of aromatic nitrogens is 2. The molecule has 0 unspecified atom stereocenters. The van der Waals surface area contributed by atoms with Gasteiger partial charge in [0, 0.05) is 14.1 Å². The van der Waals surface area contributed by atoms with Crippen molar-refractivity contribution in [2.24, 2.45) is 0 Å². The van der Waals surface area contributed by atoms with E-state index in [4.69, 9.17) is 5.73 Å². The second-order valence-corrected chi connectivity index (χ2v) is 1.98. The number of hydrogen-bond donors (Lipinski definition) is 3. The fraction of sp³-hybridized carbons (Fsp3) is 0.333. The van der Waals surface area contributed by atoms with Gasteiger partial charge in [0.05, 0.1) is 0 Å². The summed E-state index contributed by atoms with van der Waals surface area (Å²) in [6, 6.07) is 0. The van der Waals surface area contributed by atoms with E-state index in [1.807, 2.05) is 0 Å². The van der Waals surface area contributed by atoms with Crippen LogP contribution in [0.5, 0.6) is 0 Å². The molecule has 0 radical (unpaired) electrons. The minimum Gasteiger partial charge on any atom is -0.382 e. The van der Waals surface area contributed by atoms with E-state index < -0.39 is 0 Å². The summed E-state index contributed by atoms with van der Waals surface area (Å²) < 4.78 is 0. The van der Waals surface area contributed by atoms with Crippen molar-refractivity contribution in [2.45, 2.75) is 0 Å². The third kappa shape index (κ3) is 1.31. The van der Waals surface area contributed by atoms with Crippen molar-refractivity contribution >= 4 is 17.3 Å². The zero-order chi connectivity index (χ0) is 8.27. The standard InChI is InChI=1S/C6H11N5/c1-8-4-5(7)10-3-11-6(4)9-2/h3,8H,1-2H3,(H3,7,9,10,11). The zero-order valence-electron chi connectivity index (χ0n) is 6.55. The second kappa shape index (κ2) is 3.05. The molecule has 4 N–H and O–H groups in total. The number of nitrogen functional groups attached to an aromatic ring is 1. The lowest BCUT2D eigenvalue weighted by Crippen LogP contribution is -2.04. The van der Waals surface area contributed by atoms with Gasteiger partial charge in [-0.25, -0.2) is 9.97 Å². The molecule has 0 atom stereocenters. The van der Waals surface area contributed by atoms with Crippen molar-refractivity contribution in [1.29, 1.82) is 0 Å². The topological polar surface area (TPSA) is 75.9 Å². The van der Waals surface area contributed by atoms with Crippen molar-refractivity contribution in [3.05, 3.63) is 6.33 Å². The summed E-state index contributed by atoms with van der Waals surface area (Å²) in [4.78, 5) is 7.79. The Hall–Kier alpha value is -1.52. The number of nitrogens with two attached hydrogens (primary N) is 1. The van der Waals surface area contributed by atoms with Gasteiger partial charge in [-0.15, -0.1) is 0 Å².